The number of methoxy groups -OCH3 is 1. The van der Waals surface area contributed by atoms with E-state index in [0.29, 0.717) is 47.3 Å². The predicted molar refractivity (Wildman–Crippen MR) is 135 cm³/mol. The Morgan fingerprint density at radius 2 is 1.73 bits per heavy atom. The zero-order valence-corrected chi connectivity index (χ0v) is 22.1. The average molecular weight is 457 g/mol. The number of ether oxygens (including phenoxy) is 1. The Morgan fingerprint density at radius 1 is 1.00 bits per heavy atom. The number of hydrogen-bond donors (Lipinski definition) is 2. The van der Waals surface area contributed by atoms with Gasteiger partial charge < -0.3 is 14.9 Å². The molecule has 0 spiro atoms. The first-order chi connectivity index (χ1) is 15.5. The molecule has 0 aromatic heterocycles. The van der Waals surface area contributed by atoms with E-state index in [1.54, 1.807) is 18.9 Å². The van der Waals surface area contributed by atoms with Crippen molar-refractivity contribution in [1.29, 1.82) is 0 Å². The Morgan fingerprint density at radius 3 is 2.39 bits per heavy atom. The van der Waals surface area contributed by atoms with Crippen LogP contribution in [0.4, 0.5) is 0 Å². The van der Waals surface area contributed by atoms with E-state index < -0.39 is 11.7 Å². The van der Waals surface area contributed by atoms with E-state index in [0.717, 1.165) is 24.8 Å². The Bertz CT molecular complexity index is 824. The highest BCUT2D eigenvalue weighted by Gasteiger charge is 2.63. The van der Waals surface area contributed by atoms with Crippen LogP contribution in [0, 0.1) is 46.3 Å². The van der Waals surface area contributed by atoms with Crippen molar-refractivity contribution in [3.8, 4) is 0 Å². The van der Waals surface area contributed by atoms with Crippen LogP contribution in [-0.2, 0) is 4.74 Å². The summed E-state index contributed by atoms with van der Waals surface area (Å²) in [5.41, 5.74) is 1.50. The number of fused-ring (bicyclic) bond motifs is 5. The molecule has 0 aromatic rings. The summed E-state index contributed by atoms with van der Waals surface area (Å²) in [6.07, 6.45) is 15.5. The van der Waals surface area contributed by atoms with E-state index in [1.807, 2.05) is 0 Å². The Balaban J connectivity index is 1.67. The topological polar surface area (TPSA) is 49.7 Å². The molecule has 4 aliphatic rings. The van der Waals surface area contributed by atoms with Crippen LogP contribution in [0.2, 0.25) is 0 Å². The minimum Gasteiger partial charge on any atom is -0.504 e. The van der Waals surface area contributed by atoms with Gasteiger partial charge in [0.25, 0.3) is 0 Å². The molecule has 4 rings (SSSR count). The summed E-state index contributed by atoms with van der Waals surface area (Å²) < 4.78 is 5.47. The standard InChI is InChI=1S/C30H48O3/c1-19(2)20(3)8-9-21(4)25-10-11-26-24-16-22(18-33-7)30(32)17-23(31)12-15-29(30,6)27(24)13-14-28(25,26)5/h8-9,16,18-21,23,25-27,31-32H,10-15,17H2,1-7H3/b9-8+,22-18+/t20?,21?,23-,25+,26?,27?,28+,29+,30-/m0/s1. The van der Waals surface area contributed by atoms with Gasteiger partial charge >= 0.3 is 0 Å². The second-order valence-corrected chi connectivity index (χ2v) is 12.8. The molecule has 0 radical (unpaired) electrons. The predicted octanol–water partition coefficient (Wildman–Crippen LogP) is 6.67. The van der Waals surface area contributed by atoms with Crippen LogP contribution in [0.1, 0.15) is 86.5 Å². The van der Waals surface area contributed by atoms with Gasteiger partial charge in [0.1, 0.15) is 5.60 Å². The van der Waals surface area contributed by atoms with Crippen molar-refractivity contribution < 1.29 is 14.9 Å². The molecule has 0 bridgehead atoms. The molecule has 0 amide bonds. The van der Waals surface area contributed by atoms with Crippen molar-refractivity contribution >= 4 is 0 Å². The summed E-state index contributed by atoms with van der Waals surface area (Å²) in [5, 5.41) is 22.5. The minimum atomic E-state index is -1.01. The molecule has 3 heteroatoms. The van der Waals surface area contributed by atoms with E-state index in [9.17, 15) is 10.2 Å². The van der Waals surface area contributed by atoms with Crippen LogP contribution in [-0.4, -0.2) is 29.0 Å². The van der Waals surface area contributed by atoms with E-state index in [1.165, 1.54) is 19.3 Å². The summed E-state index contributed by atoms with van der Waals surface area (Å²) in [6.45, 7) is 14.2. The third-order valence-electron chi connectivity index (χ3n) is 10.9. The molecular formula is C30H48O3. The SMILES string of the molecule is CO/C=C1\C=C2C3CC[C@H](C(C)/C=C/C(C)C(C)C)[C@@]3(C)CCC2[C@@]2(C)CC[C@H](O)C[C@]12O. The molecule has 3 nitrogen and oxygen atoms in total. The Labute approximate surface area is 202 Å². The number of rotatable bonds is 5. The molecule has 3 fully saturated rings. The maximum atomic E-state index is 12.0. The molecule has 9 atom stereocenters. The van der Waals surface area contributed by atoms with E-state index >= 15 is 0 Å². The minimum absolute atomic E-state index is 0.238. The van der Waals surface area contributed by atoms with Gasteiger partial charge in [-0.25, -0.2) is 0 Å². The summed E-state index contributed by atoms with van der Waals surface area (Å²) >= 11 is 0. The quantitative estimate of drug-likeness (QED) is 0.359. The summed E-state index contributed by atoms with van der Waals surface area (Å²) in [4.78, 5) is 0. The maximum Gasteiger partial charge on any atom is 0.101 e. The van der Waals surface area contributed by atoms with Crippen molar-refractivity contribution in [3.05, 3.63) is 35.6 Å². The third-order valence-corrected chi connectivity index (χ3v) is 10.9. The van der Waals surface area contributed by atoms with Gasteiger partial charge in [-0.3, -0.25) is 0 Å². The van der Waals surface area contributed by atoms with Gasteiger partial charge in [0.2, 0.25) is 0 Å². The number of aliphatic hydroxyl groups is 2. The number of aliphatic hydroxyl groups excluding tert-OH is 1. The third kappa shape index (κ3) is 3.86. The van der Waals surface area contributed by atoms with Crippen LogP contribution in [0.5, 0.6) is 0 Å². The lowest BCUT2D eigenvalue weighted by molar-refractivity contribution is -0.145. The Hall–Kier alpha value is -1.06. The summed E-state index contributed by atoms with van der Waals surface area (Å²) in [5.74, 6) is 3.57. The lowest BCUT2D eigenvalue weighted by Crippen LogP contribution is -2.61. The highest BCUT2D eigenvalue weighted by molar-refractivity contribution is 5.44. The molecule has 186 valence electrons. The van der Waals surface area contributed by atoms with Crippen LogP contribution in [0.15, 0.2) is 35.6 Å². The van der Waals surface area contributed by atoms with Crippen molar-refractivity contribution in [3.63, 3.8) is 0 Å². The van der Waals surface area contributed by atoms with Crippen molar-refractivity contribution in [2.75, 3.05) is 7.11 Å². The molecule has 0 aliphatic heterocycles. The zero-order chi connectivity index (χ0) is 24.2. The lowest BCUT2D eigenvalue weighted by atomic mass is 9.45. The number of hydrogen-bond acceptors (Lipinski definition) is 3. The molecule has 0 heterocycles. The zero-order valence-electron chi connectivity index (χ0n) is 22.1. The van der Waals surface area contributed by atoms with E-state index in [2.05, 4.69) is 59.8 Å². The van der Waals surface area contributed by atoms with Gasteiger partial charge in [-0.1, -0.05) is 65.3 Å². The second kappa shape index (κ2) is 8.86. The number of allylic oxidation sites excluding steroid dienone is 3. The Kier molecular flexibility index (Phi) is 6.73. The van der Waals surface area contributed by atoms with Crippen LogP contribution in [0.25, 0.3) is 0 Å². The highest BCUT2D eigenvalue weighted by atomic mass is 16.5. The van der Waals surface area contributed by atoms with Crippen LogP contribution in [0.3, 0.4) is 0 Å². The highest BCUT2D eigenvalue weighted by Crippen LogP contribution is 2.68. The van der Waals surface area contributed by atoms with E-state index in [-0.39, 0.29) is 5.41 Å². The van der Waals surface area contributed by atoms with Crippen LogP contribution >= 0.6 is 0 Å². The smallest absolute Gasteiger partial charge is 0.101 e. The molecule has 2 N–H and O–H groups in total. The molecule has 0 aromatic carbocycles. The largest absolute Gasteiger partial charge is 0.504 e. The summed E-state index contributed by atoms with van der Waals surface area (Å²) in [7, 11) is 1.67. The monoisotopic (exact) mass is 456 g/mol. The molecule has 33 heavy (non-hydrogen) atoms. The van der Waals surface area contributed by atoms with Crippen molar-refractivity contribution in [2.45, 2.75) is 98.2 Å². The van der Waals surface area contributed by atoms with Crippen molar-refractivity contribution in [2.24, 2.45) is 46.3 Å². The molecular weight excluding hydrogens is 408 g/mol. The van der Waals surface area contributed by atoms with Gasteiger partial charge in [0.05, 0.1) is 19.5 Å². The molecule has 0 saturated heterocycles. The fraction of sp³-hybridized carbons (Fsp3) is 0.800. The van der Waals surface area contributed by atoms with Crippen molar-refractivity contribution in [1.82, 2.24) is 0 Å². The van der Waals surface area contributed by atoms with Gasteiger partial charge in [-0.05, 0) is 79.4 Å². The van der Waals surface area contributed by atoms with Crippen LogP contribution < -0.4 is 0 Å². The van der Waals surface area contributed by atoms with Gasteiger partial charge in [0, 0.05) is 17.4 Å². The molecule has 4 aliphatic carbocycles. The maximum absolute atomic E-state index is 12.0. The molecule has 3 saturated carbocycles. The second-order valence-electron chi connectivity index (χ2n) is 12.8. The van der Waals surface area contributed by atoms with Gasteiger partial charge in [-0.2, -0.15) is 0 Å². The average Bonchev–Trinajstić information content (AvgIpc) is 3.11. The lowest BCUT2D eigenvalue weighted by Gasteiger charge is -2.61. The first kappa shape index (κ1) is 25.0. The van der Waals surface area contributed by atoms with Gasteiger partial charge in [0.15, 0.2) is 0 Å². The molecule has 4 unspecified atom stereocenters. The van der Waals surface area contributed by atoms with Gasteiger partial charge in [-0.15, -0.1) is 0 Å². The fourth-order valence-corrected chi connectivity index (χ4v) is 8.31. The first-order valence-electron chi connectivity index (χ1n) is 13.5. The van der Waals surface area contributed by atoms with E-state index in [4.69, 9.17) is 4.74 Å². The first-order valence-corrected chi connectivity index (χ1v) is 13.5. The fourth-order valence-electron chi connectivity index (χ4n) is 8.31. The normalized spacial score (nSPS) is 46.0. The summed E-state index contributed by atoms with van der Waals surface area (Å²) in [6, 6.07) is 0.